The van der Waals surface area contributed by atoms with Crippen molar-refractivity contribution in [3.63, 3.8) is 0 Å². The quantitative estimate of drug-likeness (QED) is 0.479. The molecule has 4 atom stereocenters. The van der Waals surface area contributed by atoms with E-state index in [1.54, 1.807) is 0 Å². The first-order chi connectivity index (χ1) is 9.73. The van der Waals surface area contributed by atoms with Crippen molar-refractivity contribution in [2.45, 2.75) is 23.3 Å². The van der Waals surface area contributed by atoms with E-state index in [0.29, 0.717) is 0 Å². The summed E-state index contributed by atoms with van der Waals surface area (Å²) in [5, 5.41) is 9.26. The first-order valence-electron chi connectivity index (χ1n) is 5.83. The summed E-state index contributed by atoms with van der Waals surface area (Å²) in [6, 6.07) is 1.13. The first-order valence-corrected chi connectivity index (χ1v) is 8.56. The summed E-state index contributed by atoms with van der Waals surface area (Å²) in [6.45, 7) is -0.489. The van der Waals surface area contributed by atoms with Gasteiger partial charge >= 0.3 is 5.69 Å². The van der Waals surface area contributed by atoms with Gasteiger partial charge in [0.05, 0.1) is 17.7 Å². The van der Waals surface area contributed by atoms with Crippen molar-refractivity contribution in [1.82, 2.24) is 9.55 Å². The van der Waals surface area contributed by atoms with Gasteiger partial charge in [-0.25, -0.2) is 4.79 Å². The molecule has 1 aromatic heterocycles. The molecule has 2 heterocycles. The molecule has 11 heteroatoms. The second-order valence-electron chi connectivity index (χ2n) is 4.47. The minimum absolute atomic E-state index is 0.489. The molecule has 1 saturated heterocycles. The lowest BCUT2D eigenvalue weighted by molar-refractivity contribution is -0.0409. The second kappa shape index (κ2) is 6.01. The highest BCUT2D eigenvalue weighted by Crippen LogP contribution is 2.36. The Kier molecular flexibility index (Phi) is 4.68. The van der Waals surface area contributed by atoms with Gasteiger partial charge in [0.15, 0.2) is 6.23 Å². The molecule has 21 heavy (non-hydrogen) atoms. The van der Waals surface area contributed by atoms with E-state index in [1.165, 1.54) is 6.20 Å². The number of nitrogens with one attached hydrogen (secondary N) is 1. The second-order valence-corrected chi connectivity index (χ2v) is 7.13. The predicted octanol–water partition coefficient (Wildman–Crippen LogP) is -1.47. The zero-order valence-electron chi connectivity index (χ0n) is 10.8. The number of aliphatic hydroxyl groups is 1. The highest BCUT2D eigenvalue weighted by atomic mass is 79.9. The number of halogens is 1. The molecule has 0 radical (unpaired) electrons. The van der Waals surface area contributed by atoms with Gasteiger partial charge < -0.3 is 9.84 Å². The van der Waals surface area contributed by atoms with Crippen LogP contribution >= 0.6 is 15.9 Å². The normalized spacial score (nSPS) is 29.7. The van der Waals surface area contributed by atoms with Crippen LogP contribution in [-0.4, -0.2) is 53.0 Å². The molecule has 9 nitrogen and oxygen atoms in total. The fourth-order valence-corrected chi connectivity index (χ4v) is 3.63. The fraction of sp³-hybridized carbons (Fsp3) is 0.600. The topological polar surface area (TPSA) is 128 Å². The Morgan fingerprint density at radius 2 is 2.19 bits per heavy atom. The smallest absolute Gasteiger partial charge is 0.330 e. The number of H-pyrrole nitrogens is 1. The Hall–Kier alpha value is -1.01. The predicted molar refractivity (Wildman–Crippen MR) is 74.8 cm³/mol. The molecular weight excluding hydrogens is 372 g/mol. The Morgan fingerprint density at radius 3 is 2.71 bits per heavy atom. The number of alkyl halides is 1. The van der Waals surface area contributed by atoms with Crippen LogP contribution in [0.1, 0.15) is 6.23 Å². The van der Waals surface area contributed by atoms with Gasteiger partial charge in [-0.15, -0.1) is 0 Å². The highest BCUT2D eigenvalue weighted by Gasteiger charge is 2.46. The molecule has 1 aromatic rings. The lowest BCUT2D eigenvalue weighted by Gasteiger charge is -2.18. The van der Waals surface area contributed by atoms with E-state index in [0.717, 1.165) is 16.9 Å². The van der Waals surface area contributed by atoms with Crippen LogP contribution in [0.2, 0.25) is 0 Å². The summed E-state index contributed by atoms with van der Waals surface area (Å²) in [6.07, 6.45) is -0.780. The van der Waals surface area contributed by atoms with Crippen LogP contribution in [0.5, 0.6) is 0 Å². The van der Waals surface area contributed by atoms with E-state index in [4.69, 9.17) is 8.92 Å². The van der Waals surface area contributed by atoms with Gasteiger partial charge in [0, 0.05) is 12.3 Å². The molecule has 0 amide bonds. The minimum atomic E-state index is -3.77. The molecule has 2 N–H and O–H groups in total. The average molecular weight is 385 g/mol. The third-order valence-corrected chi connectivity index (χ3v) is 4.40. The molecule has 0 saturated carbocycles. The monoisotopic (exact) mass is 384 g/mol. The van der Waals surface area contributed by atoms with Crippen molar-refractivity contribution < 1.29 is 22.4 Å². The zero-order valence-corrected chi connectivity index (χ0v) is 13.2. The van der Waals surface area contributed by atoms with Crippen LogP contribution in [0.15, 0.2) is 21.9 Å². The van der Waals surface area contributed by atoms with E-state index >= 15 is 0 Å². The van der Waals surface area contributed by atoms with Crippen LogP contribution in [0.25, 0.3) is 0 Å². The maximum absolute atomic E-state index is 11.7. The fourth-order valence-electron chi connectivity index (χ4n) is 2.01. The summed E-state index contributed by atoms with van der Waals surface area (Å²) in [5.41, 5.74) is -1.28. The molecule has 118 valence electrons. The minimum Gasteiger partial charge on any atom is -0.394 e. The van der Waals surface area contributed by atoms with Crippen LogP contribution in [0.3, 0.4) is 0 Å². The average Bonchev–Trinajstić information content (AvgIpc) is 2.65. The summed E-state index contributed by atoms with van der Waals surface area (Å²) >= 11 is 3.22. The largest absolute Gasteiger partial charge is 0.394 e. The lowest BCUT2D eigenvalue weighted by Crippen LogP contribution is -2.37. The van der Waals surface area contributed by atoms with Crippen molar-refractivity contribution in [1.29, 1.82) is 0 Å². The van der Waals surface area contributed by atoms with Gasteiger partial charge in [0.25, 0.3) is 15.7 Å². The Morgan fingerprint density at radius 1 is 1.52 bits per heavy atom. The Bertz CT molecular complexity index is 727. The number of hydrogen-bond acceptors (Lipinski definition) is 7. The molecule has 1 aliphatic heterocycles. The number of hydrogen-bond donors (Lipinski definition) is 2. The molecule has 0 spiro atoms. The number of rotatable bonds is 4. The number of nitrogens with zero attached hydrogens (tertiary/aromatic N) is 1. The van der Waals surface area contributed by atoms with Crippen molar-refractivity contribution in [3.8, 4) is 0 Å². The van der Waals surface area contributed by atoms with E-state index in [9.17, 15) is 23.1 Å². The molecule has 1 fully saturated rings. The van der Waals surface area contributed by atoms with Crippen molar-refractivity contribution in [2.24, 2.45) is 0 Å². The van der Waals surface area contributed by atoms with E-state index in [2.05, 4.69) is 20.9 Å². The third kappa shape index (κ3) is 3.61. The summed E-state index contributed by atoms with van der Waals surface area (Å²) < 4.78 is 33.9. The number of aromatic nitrogens is 2. The van der Waals surface area contributed by atoms with Crippen LogP contribution < -0.4 is 11.2 Å². The van der Waals surface area contributed by atoms with Crippen LogP contribution in [0, 0.1) is 0 Å². The first kappa shape index (κ1) is 16.4. The van der Waals surface area contributed by atoms with E-state index in [-0.39, 0.29) is 0 Å². The summed E-state index contributed by atoms with van der Waals surface area (Å²) in [5.74, 6) is 0. The van der Waals surface area contributed by atoms with Crippen LogP contribution in [0.4, 0.5) is 0 Å². The zero-order chi connectivity index (χ0) is 15.8. The van der Waals surface area contributed by atoms with Gasteiger partial charge in [-0.1, -0.05) is 15.9 Å². The van der Waals surface area contributed by atoms with Gasteiger partial charge in [0.2, 0.25) is 0 Å². The molecule has 0 aliphatic carbocycles. The van der Waals surface area contributed by atoms with Crippen molar-refractivity contribution >= 4 is 26.0 Å². The Balaban J connectivity index is 2.35. The molecule has 2 unspecified atom stereocenters. The molecule has 2 rings (SSSR count). The van der Waals surface area contributed by atoms with Crippen molar-refractivity contribution in [2.75, 3.05) is 12.9 Å². The van der Waals surface area contributed by atoms with E-state index in [1.807, 2.05) is 0 Å². The van der Waals surface area contributed by atoms with Crippen molar-refractivity contribution in [3.05, 3.63) is 33.1 Å². The molecular formula is C10H13BrN2O7S. The summed E-state index contributed by atoms with van der Waals surface area (Å²) in [7, 11) is -3.77. The highest BCUT2D eigenvalue weighted by molar-refractivity contribution is 9.09. The maximum Gasteiger partial charge on any atom is 0.330 e. The molecule has 1 aliphatic rings. The molecule has 0 aromatic carbocycles. The summed E-state index contributed by atoms with van der Waals surface area (Å²) in [4.78, 5) is 24.1. The van der Waals surface area contributed by atoms with Crippen LogP contribution in [-0.2, 0) is 19.0 Å². The number of aliphatic hydroxyl groups excluding tert-OH is 1. The standard InChI is InChI=1S/C10H13BrN2O7S/c1-21(17,18)20-8-5(4-14)19-9(7(8)11)13-3-2-6(15)12-10(13)16/h2-3,5,7-9,14H,4H2,1H3,(H,12,15,16)/t5-,7?,8?,9-/m0/s1. The Labute approximate surface area is 127 Å². The van der Waals surface area contributed by atoms with Gasteiger partial charge in [-0.3, -0.25) is 18.5 Å². The number of aromatic amines is 1. The molecule has 0 bridgehead atoms. The van der Waals surface area contributed by atoms with Gasteiger partial charge in [0.1, 0.15) is 12.2 Å². The van der Waals surface area contributed by atoms with Gasteiger partial charge in [-0.05, 0) is 0 Å². The third-order valence-electron chi connectivity index (χ3n) is 2.86. The van der Waals surface area contributed by atoms with Gasteiger partial charge in [-0.2, -0.15) is 8.42 Å². The SMILES string of the molecule is CS(=O)(=O)OC1C(Br)[C@@H](n2ccc(=O)[nH]c2=O)O[C@H]1CO. The number of ether oxygens (including phenoxy) is 1. The lowest BCUT2D eigenvalue weighted by atomic mass is 10.2. The maximum atomic E-state index is 11.7. The van der Waals surface area contributed by atoms with E-state index < -0.39 is 51.2 Å².